The highest BCUT2D eigenvalue weighted by Gasteiger charge is 2.12. The Morgan fingerprint density at radius 3 is 2.62 bits per heavy atom. The summed E-state index contributed by atoms with van der Waals surface area (Å²) >= 11 is 0. The van der Waals surface area contributed by atoms with Gasteiger partial charge in [-0.15, -0.1) is 0 Å². The number of carboxylic acid groups (broad SMARTS) is 1. The van der Waals surface area contributed by atoms with Crippen molar-refractivity contribution in [3.63, 3.8) is 0 Å². The Morgan fingerprint density at radius 1 is 1.29 bits per heavy atom. The van der Waals surface area contributed by atoms with Gasteiger partial charge in [0.15, 0.2) is 0 Å². The van der Waals surface area contributed by atoms with Crippen molar-refractivity contribution in [3.05, 3.63) is 41.0 Å². The topological polar surface area (TPSA) is 57.6 Å². The van der Waals surface area contributed by atoms with E-state index in [4.69, 9.17) is 5.11 Å². The standard InChI is InChI=1S/C17H23NO3/c1-4-5-6-11-18(3)17(21)15-8-7-13(2)14(12-15)9-10-16(19)20/h7-10,12H,4-6,11H2,1-3H3,(H,19,20)/b10-9+. The lowest BCUT2D eigenvalue weighted by atomic mass is 10.0. The minimum Gasteiger partial charge on any atom is -0.478 e. The van der Waals surface area contributed by atoms with Crippen molar-refractivity contribution in [1.82, 2.24) is 4.90 Å². The Morgan fingerprint density at radius 2 is 2.00 bits per heavy atom. The summed E-state index contributed by atoms with van der Waals surface area (Å²) in [5, 5.41) is 8.69. The predicted molar refractivity (Wildman–Crippen MR) is 84.3 cm³/mol. The summed E-state index contributed by atoms with van der Waals surface area (Å²) in [6, 6.07) is 5.37. The quantitative estimate of drug-likeness (QED) is 0.618. The second kappa shape index (κ2) is 8.25. The molecule has 1 rings (SSSR count). The van der Waals surface area contributed by atoms with E-state index in [-0.39, 0.29) is 5.91 Å². The van der Waals surface area contributed by atoms with Crippen molar-refractivity contribution in [2.45, 2.75) is 33.1 Å². The Hall–Kier alpha value is -2.10. The Kier molecular flexibility index (Phi) is 6.66. The summed E-state index contributed by atoms with van der Waals surface area (Å²) in [6.45, 7) is 4.75. The summed E-state index contributed by atoms with van der Waals surface area (Å²) in [7, 11) is 1.80. The second-order valence-electron chi connectivity index (χ2n) is 5.18. The lowest BCUT2D eigenvalue weighted by molar-refractivity contribution is -0.131. The van der Waals surface area contributed by atoms with Crippen LogP contribution < -0.4 is 0 Å². The first-order valence-corrected chi connectivity index (χ1v) is 7.22. The molecule has 114 valence electrons. The van der Waals surface area contributed by atoms with Crippen LogP contribution >= 0.6 is 0 Å². The number of unbranched alkanes of at least 4 members (excludes halogenated alkanes) is 2. The largest absolute Gasteiger partial charge is 0.478 e. The Bertz CT molecular complexity index is 535. The molecule has 0 radical (unpaired) electrons. The van der Waals surface area contributed by atoms with Crippen LogP contribution in [0.1, 0.15) is 47.7 Å². The van der Waals surface area contributed by atoms with E-state index in [1.807, 2.05) is 13.0 Å². The molecular formula is C17H23NO3. The number of nitrogens with zero attached hydrogens (tertiary/aromatic N) is 1. The molecule has 4 nitrogen and oxygen atoms in total. The summed E-state index contributed by atoms with van der Waals surface area (Å²) in [5.74, 6) is -1.03. The van der Waals surface area contributed by atoms with Crippen LogP contribution in [-0.2, 0) is 4.79 Å². The van der Waals surface area contributed by atoms with Crippen LogP contribution in [0.2, 0.25) is 0 Å². The normalized spacial score (nSPS) is 10.8. The van der Waals surface area contributed by atoms with Crippen molar-refractivity contribution in [2.75, 3.05) is 13.6 Å². The van der Waals surface area contributed by atoms with Gasteiger partial charge in [0.25, 0.3) is 5.91 Å². The highest BCUT2D eigenvalue weighted by molar-refractivity contribution is 5.95. The summed E-state index contributed by atoms with van der Waals surface area (Å²) < 4.78 is 0. The Labute approximate surface area is 126 Å². The van der Waals surface area contributed by atoms with E-state index in [0.717, 1.165) is 43.0 Å². The molecule has 0 aromatic heterocycles. The van der Waals surface area contributed by atoms with E-state index in [2.05, 4.69) is 6.92 Å². The van der Waals surface area contributed by atoms with Crippen molar-refractivity contribution in [2.24, 2.45) is 0 Å². The lowest BCUT2D eigenvalue weighted by Crippen LogP contribution is -2.27. The average Bonchev–Trinajstić information content (AvgIpc) is 2.45. The molecule has 21 heavy (non-hydrogen) atoms. The van der Waals surface area contributed by atoms with Crippen LogP contribution in [-0.4, -0.2) is 35.5 Å². The maximum Gasteiger partial charge on any atom is 0.328 e. The van der Waals surface area contributed by atoms with Gasteiger partial charge in [0.05, 0.1) is 0 Å². The number of carbonyl (C=O) groups is 2. The zero-order chi connectivity index (χ0) is 15.8. The minimum absolute atomic E-state index is 0.0314. The van der Waals surface area contributed by atoms with Crippen molar-refractivity contribution in [3.8, 4) is 0 Å². The third-order valence-electron chi connectivity index (χ3n) is 3.38. The highest BCUT2D eigenvalue weighted by Crippen LogP contribution is 2.15. The van der Waals surface area contributed by atoms with Gasteiger partial charge in [-0.3, -0.25) is 4.79 Å². The first-order chi connectivity index (χ1) is 9.95. The number of aryl methyl sites for hydroxylation is 1. The monoisotopic (exact) mass is 289 g/mol. The molecule has 1 aromatic carbocycles. The first kappa shape index (κ1) is 17.0. The van der Waals surface area contributed by atoms with Gasteiger partial charge in [-0.2, -0.15) is 0 Å². The van der Waals surface area contributed by atoms with E-state index in [0.29, 0.717) is 5.56 Å². The number of rotatable bonds is 7. The number of carboxylic acids is 1. The molecule has 4 heteroatoms. The van der Waals surface area contributed by atoms with E-state index in [1.54, 1.807) is 24.1 Å². The van der Waals surface area contributed by atoms with Crippen molar-refractivity contribution in [1.29, 1.82) is 0 Å². The molecule has 1 aromatic rings. The fourth-order valence-electron chi connectivity index (χ4n) is 2.04. The lowest BCUT2D eigenvalue weighted by Gasteiger charge is -2.17. The molecule has 0 aliphatic heterocycles. The summed E-state index contributed by atoms with van der Waals surface area (Å²) in [4.78, 5) is 24.6. The van der Waals surface area contributed by atoms with E-state index in [9.17, 15) is 9.59 Å². The Balaban J connectivity index is 2.85. The number of aliphatic carboxylic acids is 1. The summed E-state index contributed by atoms with van der Waals surface area (Å²) in [6.07, 6.45) is 5.83. The van der Waals surface area contributed by atoms with Gasteiger partial charge in [-0.05, 0) is 42.7 Å². The van der Waals surface area contributed by atoms with Gasteiger partial charge >= 0.3 is 5.97 Å². The molecule has 0 aliphatic rings. The molecule has 0 saturated heterocycles. The molecule has 0 atom stereocenters. The predicted octanol–water partition coefficient (Wildman–Crippen LogP) is 3.36. The van der Waals surface area contributed by atoms with Gasteiger partial charge in [0.1, 0.15) is 0 Å². The van der Waals surface area contributed by atoms with Gasteiger partial charge in [0, 0.05) is 25.2 Å². The maximum absolute atomic E-state index is 12.3. The molecular weight excluding hydrogens is 266 g/mol. The van der Waals surface area contributed by atoms with Crippen LogP contribution in [0.4, 0.5) is 0 Å². The van der Waals surface area contributed by atoms with Gasteiger partial charge < -0.3 is 10.0 Å². The minimum atomic E-state index is -0.997. The fraction of sp³-hybridized carbons (Fsp3) is 0.412. The molecule has 1 N–H and O–H groups in total. The molecule has 0 bridgehead atoms. The zero-order valence-electron chi connectivity index (χ0n) is 12.9. The maximum atomic E-state index is 12.3. The number of carbonyl (C=O) groups excluding carboxylic acids is 1. The van der Waals surface area contributed by atoms with Gasteiger partial charge in [0.2, 0.25) is 0 Å². The van der Waals surface area contributed by atoms with E-state index >= 15 is 0 Å². The third kappa shape index (κ3) is 5.42. The number of benzene rings is 1. The SMILES string of the molecule is CCCCCN(C)C(=O)c1ccc(C)c(/C=C/C(=O)O)c1. The number of amides is 1. The van der Waals surface area contributed by atoms with Crippen molar-refractivity contribution >= 4 is 18.0 Å². The third-order valence-corrected chi connectivity index (χ3v) is 3.38. The van der Waals surface area contributed by atoms with Crippen LogP contribution in [0.15, 0.2) is 24.3 Å². The molecule has 1 amide bonds. The van der Waals surface area contributed by atoms with Gasteiger partial charge in [-0.1, -0.05) is 25.8 Å². The van der Waals surface area contributed by atoms with Crippen LogP contribution in [0.5, 0.6) is 0 Å². The van der Waals surface area contributed by atoms with Crippen LogP contribution in [0, 0.1) is 6.92 Å². The molecule has 0 fully saturated rings. The van der Waals surface area contributed by atoms with Crippen molar-refractivity contribution < 1.29 is 14.7 Å². The average molecular weight is 289 g/mol. The molecule has 0 heterocycles. The van der Waals surface area contributed by atoms with Crippen LogP contribution in [0.25, 0.3) is 6.08 Å². The smallest absolute Gasteiger partial charge is 0.328 e. The second-order valence-corrected chi connectivity index (χ2v) is 5.18. The highest BCUT2D eigenvalue weighted by atomic mass is 16.4. The number of hydrogen-bond donors (Lipinski definition) is 1. The van der Waals surface area contributed by atoms with E-state index < -0.39 is 5.97 Å². The molecule has 0 spiro atoms. The fourth-order valence-corrected chi connectivity index (χ4v) is 2.04. The summed E-state index contributed by atoms with van der Waals surface area (Å²) in [5.41, 5.74) is 2.28. The number of hydrogen-bond acceptors (Lipinski definition) is 2. The van der Waals surface area contributed by atoms with E-state index in [1.165, 1.54) is 6.08 Å². The molecule has 0 unspecified atom stereocenters. The molecule has 0 saturated carbocycles. The van der Waals surface area contributed by atoms with Gasteiger partial charge in [-0.25, -0.2) is 4.79 Å². The molecule has 0 aliphatic carbocycles. The first-order valence-electron chi connectivity index (χ1n) is 7.22. The zero-order valence-corrected chi connectivity index (χ0v) is 12.9. The van der Waals surface area contributed by atoms with Crippen LogP contribution in [0.3, 0.4) is 0 Å².